The Bertz CT molecular complexity index is 342. The lowest BCUT2D eigenvalue weighted by molar-refractivity contribution is 0.475. The SMILES string of the molecule is Oc1ccc(CCCCCCBr)c(Cl)c1Cl. The number of halogens is 3. The molecule has 0 amide bonds. The lowest BCUT2D eigenvalue weighted by Crippen LogP contribution is -1.89. The molecule has 1 aromatic rings. The van der Waals surface area contributed by atoms with Crippen LogP contribution in [0.2, 0.25) is 10.0 Å². The molecule has 0 unspecified atom stereocenters. The number of benzene rings is 1. The third-order valence-corrected chi connectivity index (χ3v) is 3.94. The molecule has 16 heavy (non-hydrogen) atoms. The molecule has 0 radical (unpaired) electrons. The predicted octanol–water partition coefficient (Wildman–Crippen LogP) is 5.20. The van der Waals surface area contributed by atoms with Gasteiger partial charge < -0.3 is 5.11 Å². The van der Waals surface area contributed by atoms with Crippen LogP contribution in [0, 0.1) is 0 Å². The summed E-state index contributed by atoms with van der Waals surface area (Å²) in [5.74, 6) is 0.0507. The van der Waals surface area contributed by atoms with Gasteiger partial charge in [-0.1, -0.05) is 58.0 Å². The quantitative estimate of drug-likeness (QED) is 0.563. The van der Waals surface area contributed by atoms with Gasteiger partial charge in [0, 0.05) is 5.33 Å². The fourth-order valence-electron chi connectivity index (χ4n) is 1.54. The second-order valence-electron chi connectivity index (χ2n) is 3.72. The van der Waals surface area contributed by atoms with Gasteiger partial charge in [0.05, 0.1) is 5.02 Å². The third kappa shape index (κ3) is 4.15. The van der Waals surface area contributed by atoms with Crippen molar-refractivity contribution in [2.45, 2.75) is 32.1 Å². The van der Waals surface area contributed by atoms with E-state index in [-0.39, 0.29) is 10.8 Å². The molecule has 0 saturated carbocycles. The van der Waals surface area contributed by atoms with Gasteiger partial charge in [0.2, 0.25) is 0 Å². The lowest BCUT2D eigenvalue weighted by atomic mass is 10.1. The smallest absolute Gasteiger partial charge is 0.135 e. The molecule has 1 nitrogen and oxygen atoms in total. The zero-order chi connectivity index (χ0) is 12.0. The molecule has 0 aliphatic rings. The number of phenols is 1. The number of aryl methyl sites for hydroxylation is 1. The van der Waals surface area contributed by atoms with Crippen LogP contribution in [0.1, 0.15) is 31.2 Å². The van der Waals surface area contributed by atoms with Crippen molar-refractivity contribution >= 4 is 39.1 Å². The fraction of sp³-hybridized carbons (Fsp3) is 0.500. The Labute approximate surface area is 115 Å². The molecule has 0 saturated heterocycles. The molecular weight excluding hydrogens is 311 g/mol. The summed E-state index contributed by atoms with van der Waals surface area (Å²) in [5.41, 5.74) is 1.02. The van der Waals surface area contributed by atoms with Crippen LogP contribution in [0.5, 0.6) is 5.75 Å². The average Bonchev–Trinajstić information content (AvgIpc) is 2.28. The average molecular weight is 326 g/mol. The normalized spacial score (nSPS) is 10.7. The minimum atomic E-state index is 0.0507. The summed E-state index contributed by atoms with van der Waals surface area (Å²) in [5, 5.41) is 11.2. The summed E-state index contributed by atoms with van der Waals surface area (Å²) in [7, 11) is 0. The van der Waals surface area contributed by atoms with Crippen molar-refractivity contribution in [3.05, 3.63) is 27.7 Å². The third-order valence-electron chi connectivity index (χ3n) is 2.47. The van der Waals surface area contributed by atoms with Gasteiger partial charge in [-0.3, -0.25) is 0 Å². The highest BCUT2D eigenvalue weighted by molar-refractivity contribution is 9.09. The van der Waals surface area contributed by atoms with Gasteiger partial charge in [0.1, 0.15) is 10.8 Å². The molecule has 1 N–H and O–H groups in total. The molecule has 0 aliphatic heterocycles. The zero-order valence-electron chi connectivity index (χ0n) is 8.98. The molecule has 0 heterocycles. The number of phenolic OH excluding ortho intramolecular Hbond substituents is 1. The molecular formula is C12H15BrCl2O. The number of rotatable bonds is 6. The van der Waals surface area contributed by atoms with E-state index >= 15 is 0 Å². The predicted molar refractivity (Wildman–Crippen MR) is 74.1 cm³/mol. The second kappa shape index (κ2) is 7.41. The van der Waals surface area contributed by atoms with Crippen LogP contribution in [0.3, 0.4) is 0 Å². The first-order chi connectivity index (χ1) is 7.66. The minimum Gasteiger partial charge on any atom is -0.506 e. The maximum absolute atomic E-state index is 9.34. The number of unbranched alkanes of at least 4 members (excludes halogenated alkanes) is 3. The lowest BCUT2D eigenvalue weighted by Gasteiger charge is -2.07. The number of hydrogen-bond donors (Lipinski definition) is 1. The van der Waals surface area contributed by atoms with Crippen molar-refractivity contribution in [1.29, 1.82) is 0 Å². The Morgan fingerprint density at radius 3 is 2.38 bits per heavy atom. The molecule has 0 bridgehead atoms. The first-order valence-electron chi connectivity index (χ1n) is 5.38. The van der Waals surface area contributed by atoms with Crippen molar-refractivity contribution in [2.24, 2.45) is 0 Å². The van der Waals surface area contributed by atoms with Crippen LogP contribution in [0.4, 0.5) is 0 Å². The highest BCUT2D eigenvalue weighted by Gasteiger charge is 2.08. The zero-order valence-corrected chi connectivity index (χ0v) is 12.1. The van der Waals surface area contributed by atoms with E-state index in [0.29, 0.717) is 5.02 Å². The van der Waals surface area contributed by atoms with Gasteiger partial charge in [-0.15, -0.1) is 0 Å². The summed E-state index contributed by atoms with van der Waals surface area (Å²) in [6.45, 7) is 0. The molecule has 1 rings (SSSR count). The van der Waals surface area contributed by atoms with Crippen molar-refractivity contribution in [3.63, 3.8) is 0 Å². The standard InChI is InChI=1S/C12H15BrCl2O/c13-8-4-2-1-3-5-9-6-7-10(16)12(15)11(9)14/h6-7,16H,1-5,8H2. The Balaban J connectivity index is 2.45. The van der Waals surface area contributed by atoms with Crippen molar-refractivity contribution in [1.82, 2.24) is 0 Å². The summed E-state index contributed by atoms with van der Waals surface area (Å²) in [6.07, 6.45) is 5.66. The molecule has 4 heteroatoms. The van der Waals surface area contributed by atoms with E-state index in [1.165, 1.54) is 19.3 Å². The summed E-state index contributed by atoms with van der Waals surface area (Å²) in [6, 6.07) is 3.44. The van der Waals surface area contributed by atoms with Crippen molar-refractivity contribution < 1.29 is 5.11 Å². The van der Waals surface area contributed by atoms with E-state index in [2.05, 4.69) is 15.9 Å². The minimum absolute atomic E-state index is 0.0507. The first-order valence-corrected chi connectivity index (χ1v) is 7.26. The van der Waals surface area contributed by atoms with Crippen LogP contribution >= 0.6 is 39.1 Å². The van der Waals surface area contributed by atoms with Gasteiger partial charge in [0.25, 0.3) is 0 Å². The molecule has 0 aliphatic carbocycles. The Kier molecular flexibility index (Phi) is 6.55. The number of aromatic hydroxyl groups is 1. The monoisotopic (exact) mass is 324 g/mol. The number of hydrogen-bond acceptors (Lipinski definition) is 1. The van der Waals surface area contributed by atoms with Gasteiger partial charge in [-0.25, -0.2) is 0 Å². The van der Waals surface area contributed by atoms with Crippen molar-refractivity contribution in [2.75, 3.05) is 5.33 Å². The van der Waals surface area contributed by atoms with Crippen LogP contribution < -0.4 is 0 Å². The fourth-order valence-corrected chi connectivity index (χ4v) is 2.37. The van der Waals surface area contributed by atoms with Crippen LogP contribution in [-0.4, -0.2) is 10.4 Å². The van der Waals surface area contributed by atoms with E-state index in [1.807, 2.05) is 6.07 Å². The molecule has 90 valence electrons. The summed E-state index contributed by atoms with van der Waals surface area (Å²) < 4.78 is 0. The molecule has 1 aromatic carbocycles. The Morgan fingerprint density at radius 1 is 1.00 bits per heavy atom. The molecule has 0 atom stereocenters. The first kappa shape index (κ1) is 14.1. The molecule has 0 fully saturated rings. The van der Waals surface area contributed by atoms with Crippen LogP contribution in [-0.2, 0) is 6.42 Å². The maximum Gasteiger partial charge on any atom is 0.135 e. The van der Waals surface area contributed by atoms with E-state index in [9.17, 15) is 5.11 Å². The van der Waals surface area contributed by atoms with E-state index in [0.717, 1.165) is 23.7 Å². The topological polar surface area (TPSA) is 20.2 Å². The summed E-state index contributed by atoms with van der Waals surface area (Å²) >= 11 is 15.3. The maximum atomic E-state index is 9.34. The highest BCUT2D eigenvalue weighted by atomic mass is 79.9. The molecule has 0 spiro atoms. The largest absolute Gasteiger partial charge is 0.506 e. The number of alkyl halides is 1. The molecule has 0 aromatic heterocycles. The van der Waals surface area contributed by atoms with Gasteiger partial charge >= 0.3 is 0 Å². The van der Waals surface area contributed by atoms with E-state index in [1.54, 1.807) is 6.07 Å². The Hall–Kier alpha value is 0.0800. The summed E-state index contributed by atoms with van der Waals surface area (Å²) in [4.78, 5) is 0. The highest BCUT2D eigenvalue weighted by Crippen LogP contribution is 2.34. The second-order valence-corrected chi connectivity index (χ2v) is 5.27. The van der Waals surface area contributed by atoms with E-state index in [4.69, 9.17) is 23.2 Å². The van der Waals surface area contributed by atoms with Gasteiger partial charge in [-0.05, 0) is 30.9 Å². The van der Waals surface area contributed by atoms with Crippen LogP contribution in [0.25, 0.3) is 0 Å². The van der Waals surface area contributed by atoms with Crippen molar-refractivity contribution in [3.8, 4) is 5.75 Å². The Morgan fingerprint density at radius 2 is 1.69 bits per heavy atom. The van der Waals surface area contributed by atoms with Gasteiger partial charge in [0.15, 0.2) is 0 Å². The van der Waals surface area contributed by atoms with E-state index < -0.39 is 0 Å². The van der Waals surface area contributed by atoms with Crippen LogP contribution in [0.15, 0.2) is 12.1 Å². The van der Waals surface area contributed by atoms with Gasteiger partial charge in [-0.2, -0.15) is 0 Å².